The van der Waals surface area contributed by atoms with Crippen molar-refractivity contribution in [3.63, 3.8) is 0 Å². The van der Waals surface area contributed by atoms with Crippen LogP contribution in [-0.4, -0.2) is 45.4 Å². The lowest BCUT2D eigenvalue weighted by Gasteiger charge is -2.34. The first-order chi connectivity index (χ1) is 10.1. The summed E-state index contributed by atoms with van der Waals surface area (Å²) < 4.78 is 5.52. The van der Waals surface area contributed by atoms with Gasteiger partial charge < -0.3 is 20.5 Å². The van der Waals surface area contributed by atoms with Crippen LogP contribution in [-0.2, 0) is 0 Å². The number of ether oxygens (including phenoxy) is 1. The SMILES string of the molecule is CC(C)Oc1nc(N)nc(N(CCO)C2CCCCC2)n1. The van der Waals surface area contributed by atoms with Gasteiger partial charge in [-0.1, -0.05) is 19.3 Å². The van der Waals surface area contributed by atoms with Gasteiger partial charge in [-0.25, -0.2) is 0 Å². The number of nitrogen functional groups attached to an aromatic ring is 1. The molecule has 1 aliphatic rings. The minimum Gasteiger partial charge on any atom is -0.461 e. The molecular formula is C14H25N5O2. The van der Waals surface area contributed by atoms with Crippen LogP contribution in [0.2, 0.25) is 0 Å². The topological polar surface area (TPSA) is 97.4 Å². The van der Waals surface area contributed by atoms with Crippen LogP contribution in [0.15, 0.2) is 0 Å². The van der Waals surface area contributed by atoms with Crippen LogP contribution in [0.25, 0.3) is 0 Å². The molecule has 1 aromatic rings. The Hall–Kier alpha value is -1.63. The van der Waals surface area contributed by atoms with Crippen molar-refractivity contribution in [3.05, 3.63) is 0 Å². The van der Waals surface area contributed by atoms with E-state index in [9.17, 15) is 5.11 Å². The largest absolute Gasteiger partial charge is 0.461 e. The van der Waals surface area contributed by atoms with Crippen LogP contribution >= 0.6 is 0 Å². The number of anilines is 2. The Morgan fingerprint density at radius 1 is 1.24 bits per heavy atom. The molecule has 1 aromatic heterocycles. The van der Waals surface area contributed by atoms with Crippen molar-refractivity contribution in [3.8, 4) is 6.01 Å². The van der Waals surface area contributed by atoms with Gasteiger partial charge in [0, 0.05) is 12.6 Å². The van der Waals surface area contributed by atoms with Gasteiger partial charge in [0.25, 0.3) is 0 Å². The van der Waals surface area contributed by atoms with Gasteiger partial charge in [-0.3, -0.25) is 0 Å². The van der Waals surface area contributed by atoms with Crippen LogP contribution in [0.1, 0.15) is 46.0 Å². The quantitative estimate of drug-likeness (QED) is 0.818. The molecule has 1 aliphatic carbocycles. The maximum absolute atomic E-state index is 9.34. The van der Waals surface area contributed by atoms with Crippen molar-refractivity contribution < 1.29 is 9.84 Å². The molecule has 7 heteroatoms. The number of hydrogen-bond donors (Lipinski definition) is 2. The molecule has 118 valence electrons. The van der Waals surface area contributed by atoms with E-state index in [4.69, 9.17) is 10.5 Å². The van der Waals surface area contributed by atoms with E-state index in [1.54, 1.807) is 0 Å². The Balaban J connectivity index is 2.23. The van der Waals surface area contributed by atoms with Gasteiger partial charge in [0.2, 0.25) is 11.9 Å². The van der Waals surface area contributed by atoms with Crippen molar-refractivity contribution in [2.45, 2.75) is 58.1 Å². The van der Waals surface area contributed by atoms with Gasteiger partial charge in [-0.05, 0) is 26.7 Å². The average Bonchev–Trinajstić information content (AvgIpc) is 2.44. The molecule has 0 aliphatic heterocycles. The molecule has 0 unspecified atom stereocenters. The Morgan fingerprint density at radius 2 is 1.95 bits per heavy atom. The molecule has 3 N–H and O–H groups in total. The highest BCUT2D eigenvalue weighted by Crippen LogP contribution is 2.26. The summed E-state index contributed by atoms with van der Waals surface area (Å²) in [5, 5.41) is 9.34. The van der Waals surface area contributed by atoms with Gasteiger partial charge in [-0.2, -0.15) is 15.0 Å². The molecule has 7 nitrogen and oxygen atoms in total. The third-order valence-electron chi connectivity index (χ3n) is 3.57. The molecule has 0 bridgehead atoms. The Kier molecular flexibility index (Phi) is 5.55. The molecule has 1 saturated carbocycles. The average molecular weight is 295 g/mol. The van der Waals surface area contributed by atoms with E-state index in [1.165, 1.54) is 19.3 Å². The van der Waals surface area contributed by atoms with Crippen molar-refractivity contribution in [2.75, 3.05) is 23.8 Å². The summed E-state index contributed by atoms with van der Waals surface area (Å²) in [5.74, 6) is 0.647. The number of nitrogens with two attached hydrogens (primary N) is 1. The van der Waals surface area contributed by atoms with Crippen molar-refractivity contribution in [1.29, 1.82) is 0 Å². The molecule has 1 fully saturated rings. The lowest BCUT2D eigenvalue weighted by molar-refractivity contribution is 0.221. The van der Waals surface area contributed by atoms with E-state index in [2.05, 4.69) is 15.0 Å². The fourth-order valence-electron chi connectivity index (χ4n) is 2.70. The first-order valence-corrected chi connectivity index (χ1v) is 7.66. The molecule has 0 saturated heterocycles. The summed E-state index contributed by atoms with van der Waals surface area (Å²) >= 11 is 0. The van der Waals surface area contributed by atoms with E-state index in [0.29, 0.717) is 18.5 Å². The highest BCUT2D eigenvalue weighted by atomic mass is 16.5. The summed E-state index contributed by atoms with van der Waals surface area (Å²) in [5.41, 5.74) is 5.77. The molecule has 0 radical (unpaired) electrons. The van der Waals surface area contributed by atoms with Gasteiger partial charge in [0.05, 0.1) is 12.7 Å². The predicted molar refractivity (Wildman–Crippen MR) is 81.3 cm³/mol. The number of hydrogen-bond acceptors (Lipinski definition) is 7. The fourth-order valence-corrected chi connectivity index (χ4v) is 2.70. The minimum atomic E-state index is -0.0272. The fraction of sp³-hybridized carbons (Fsp3) is 0.786. The zero-order chi connectivity index (χ0) is 15.2. The first-order valence-electron chi connectivity index (χ1n) is 7.66. The van der Waals surface area contributed by atoms with Crippen LogP contribution in [0, 0.1) is 0 Å². The highest BCUT2D eigenvalue weighted by Gasteiger charge is 2.24. The Labute approximate surface area is 125 Å². The van der Waals surface area contributed by atoms with Crippen molar-refractivity contribution in [2.24, 2.45) is 0 Å². The van der Waals surface area contributed by atoms with Crippen molar-refractivity contribution >= 4 is 11.9 Å². The third-order valence-corrected chi connectivity index (χ3v) is 3.57. The van der Waals surface area contributed by atoms with Crippen LogP contribution in [0.3, 0.4) is 0 Å². The zero-order valence-corrected chi connectivity index (χ0v) is 12.8. The predicted octanol–water partition coefficient (Wildman–Crippen LogP) is 1.37. The molecule has 21 heavy (non-hydrogen) atoms. The summed E-state index contributed by atoms with van der Waals surface area (Å²) in [6, 6.07) is 0.589. The highest BCUT2D eigenvalue weighted by molar-refractivity contribution is 5.37. The van der Waals surface area contributed by atoms with Gasteiger partial charge >= 0.3 is 6.01 Å². The monoisotopic (exact) mass is 295 g/mol. The number of aliphatic hydroxyl groups excluding tert-OH is 1. The second-order valence-electron chi connectivity index (χ2n) is 5.65. The molecular weight excluding hydrogens is 270 g/mol. The van der Waals surface area contributed by atoms with E-state index < -0.39 is 0 Å². The van der Waals surface area contributed by atoms with Crippen LogP contribution in [0.4, 0.5) is 11.9 Å². The van der Waals surface area contributed by atoms with Gasteiger partial charge in [0.15, 0.2) is 0 Å². The van der Waals surface area contributed by atoms with Gasteiger partial charge in [-0.15, -0.1) is 0 Å². The minimum absolute atomic E-state index is 0.0272. The van der Waals surface area contributed by atoms with E-state index in [-0.39, 0.29) is 24.7 Å². The number of aliphatic hydroxyl groups is 1. The maximum atomic E-state index is 9.34. The summed E-state index contributed by atoms with van der Waals surface area (Å²) in [7, 11) is 0. The van der Waals surface area contributed by atoms with E-state index in [0.717, 1.165) is 12.8 Å². The van der Waals surface area contributed by atoms with E-state index in [1.807, 2.05) is 18.7 Å². The first kappa shape index (κ1) is 15.8. The molecule has 1 heterocycles. The maximum Gasteiger partial charge on any atom is 0.323 e. The second-order valence-corrected chi connectivity index (χ2v) is 5.65. The Bertz CT molecular complexity index is 449. The smallest absolute Gasteiger partial charge is 0.323 e. The van der Waals surface area contributed by atoms with Crippen LogP contribution < -0.4 is 15.4 Å². The normalized spacial score (nSPS) is 16.2. The zero-order valence-electron chi connectivity index (χ0n) is 12.8. The molecule has 0 spiro atoms. The molecule has 0 aromatic carbocycles. The Morgan fingerprint density at radius 3 is 2.57 bits per heavy atom. The lowest BCUT2D eigenvalue weighted by Crippen LogP contribution is -2.40. The summed E-state index contributed by atoms with van der Waals surface area (Å²) in [6.07, 6.45) is 5.81. The second kappa shape index (κ2) is 7.40. The molecule has 0 amide bonds. The van der Waals surface area contributed by atoms with Crippen molar-refractivity contribution in [1.82, 2.24) is 15.0 Å². The lowest BCUT2D eigenvalue weighted by atomic mass is 9.94. The third kappa shape index (κ3) is 4.42. The number of rotatable bonds is 6. The summed E-state index contributed by atoms with van der Waals surface area (Å²) in [4.78, 5) is 14.6. The number of nitrogens with zero attached hydrogens (tertiary/aromatic N) is 4. The molecule has 2 rings (SSSR count). The standard InChI is InChI=1S/C14H25N5O2/c1-10(2)21-14-17-12(15)16-13(18-14)19(8-9-20)11-6-4-3-5-7-11/h10-11,20H,3-9H2,1-2H3,(H2,15,16,17,18). The number of aromatic nitrogens is 3. The van der Waals surface area contributed by atoms with Gasteiger partial charge in [0.1, 0.15) is 0 Å². The van der Waals surface area contributed by atoms with E-state index >= 15 is 0 Å². The molecule has 0 atom stereocenters. The van der Waals surface area contributed by atoms with Crippen LogP contribution in [0.5, 0.6) is 6.01 Å². The summed E-state index contributed by atoms with van der Waals surface area (Å²) in [6.45, 7) is 4.37.